The van der Waals surface area contributed by atoms with Crippen molar-refractivity contribution < 1.29 is 24.3 Å². The lowest BCUT2D eigenvalue weighted by molar-refractivity contribution is -0.385. The lowest BCUT2D eigenvalue weighted by atomic mass is 9.81. The molecule has 0 radical (unpaired) electrons. The van der Waals surface area contributed by atoms with Crippen LogP contribution in [0.15, 0.2) is 47.0 Å². The van der Waals surface area contributed by atoms with Crippen LogP contribution in [-0.2, 0) is 14.3 Å². The number of nitrogens with zero attached hydrogens (tertiary/aromatic N) is 2. The molecule has 0 saturated heterocycles. The third kappa shape index (κ3) is 6.73. The summed E-state index contributed by atoms with van der Waals surface area (Å²) in [6, 6.07) is 4.90. The van der Waals surface area contributed by atoms with E-state index in [-0.39, 0.29) is 35.8 Å². The molecule has 33 heavy (non-hydrogen) atoms. The minimum absolute atomic E-state index is 0.0156. The van der Waals surface area contributed by atoms with E-state index >= 15 is 0 Å². The second kappa shape index (κ2) is 12.3. The summed E-state index contributed by atoms with van der Waals surface area (Å²) < 4.78 is 11.8. The average Bonchev–Trinajstić information content (AvgIpc) is 3.36. The van der Waals surface area contributed by atoms with E-state index in [1.165, 1.54) is 18.3 Å². The van der Waals surface area contributed by atoms with Gasteiger partial charge < -0.3 is 25.2 Å². The van der Waals surface area contributed by atoms with E-state index < -0.39 is 11.2 Å². The number of anilines is 1. The van der Waals surface area contributed by atoms with Gasteiger partial charge in [-0.3, -0.25) is 14.9 Å². The Kier molecular flexibility index (Phi) is 9.16. The molecular weight excluding hydrogens is 448 g/mol. The maximum Gasteiger partial charge on any atom is 0.287 e. The number of aromatic nitrogens is 1. The van der Waals surface area contributed by atoms with E-state index in [4.69, 9.17) is 9.47 Å². The van der Waals surface area contributed by atoms with E-state index in [1.54, 1.807) is 11.3 Å². The van der Waals surface area contributed by atoms with Crippen molar-refractivity contribution in [2.45, 2.75) is 32.0 Å². The van der Waals surface area contributed by atoms with Crippen LogP contribution in [0.1, 0.15) is 31.2 Å². The van der Waals surface area contributed by atoms with Gasteiger partial charge in [0.25, 0.3) is 11.6 Å². The Labute approximate surface area is 195 Å². The van der Waals surface area contributed by atoms with Gasteiger partial charge >= 0.3 is 0 Å². The molecule has 1 amide bonds. The van der Waals surface area contributed by atoms with E-state index in [2.05, 4.69) is 21.0 Å². The summed E-state index contributed by atoms with van der Waals surface area (Å²) in [7, 11) is 0. The number of nitrogens with one attached hydrogen (secondary N) is 2. The number of carbonyl (C=O) groups is 1. The number of amides is 1. The number of pyridine rings is 1. The molecular formula is C22H28N4O6S. The molecule has 3 rings (SSSR count). The van der Waals surface area contributed by atoms with Gasteiger partial charge in [0.2, 0.25) is 6.29 Å². The summed E-state index contributed by atoms with van der Waals surface area (Å²) in [6.07, 6.45) is 3.75. The number of aliphatic hydroxyl groups excluding tert-OH is 1. The molecule has 10 nitrogen and oxygen atoms in total. The van der Waals surface area contributed by atoms with Gasteiger partial charge in [0.15, 0.2) is 5.76 Å². The normalized spacial score (nSPS) is 19.9. The Morgan fingerprint density at radius 1 is 1.36 bits per heavy atom. The van der Waals surface area contributed by atoms with Crippen molar-refractivity contribution in [2.24, 2.45) is 5.92 Å². The molecule has 11 heteroatoms. The number of ether oxygens (including phenoxy) is 2. The molecule has 0 spiro atoms. The van der Waals surface area contributed by atoms with Gasteiger partial charge in [-0.1, -0.05) is 0 Å². The number of allylic oxidation sites excluding steroid dienone is 1. The van der Waals surface area contributed by atoms with Crippen molar-refractivity contribution in [3.63, 3.8) is 0 Å². The SMILES string of the molecule is CCO[C@H]1OC(C(=O)NCCNc2ccc([N+](=O)[O-])cn2)=C[C@@H](c2ccsc2)[C@H]1CCCO. The Hall–Kier alpha value is -3.02. The van der Waals surface area contributed by atoms with Crippen LogP contribution in [0.4, 0.5) is 11.5 Å². The van der Waals surface area contributed by atoms with Crippen molar-refractivity contribution in [2.75, 3.05) is 31.6 Å². The molecule has 0 aliphatic carbocycles. The zero-order valence-electron chi connectivity index (χ0n) is 18.3. The number of hydrogen-bond acceptors (Lipinski definition) is 9. The van der Waals surface area contributed by atoms with E-state index in [0.29, 0.717) is 38.4 Å². The van der Waals surface area contributed by atoms with Gasteiger partial charge in [0, 0.05) is 44.2 Å². The first kappa shape index (κ1) is 24.6. The largest absolute Gasteiger partial charge is 0.459 e. The second-order valence-electron chi connectivity index (χ2n) is 7.43. The molecule has 2 aromatic heterocycles. The molecule has 0 unspecified atom stereocenters. The highest BCUT2D eigenvalue weighted by Gasteiger charge is 2.37. The zero-order chi connectivity index (χ0) is 23.6. The van der Waals surface area contributed by atoms with Crippen LogP contribution in [0.3, 0.4) is 0 Å². The maximum absolute atomic E-state index is 12.8. The van der Waals surface area contributed by atoms with Gasteiger partial charge in [0.1, 0.15) is 12.0 Å². The number of thiophene rings is 1. The summed E-state index contributed by atoms with van der Waals surface area (Å²) in [4.78, 5) is 27.0. The van der Waals surface area contributed by atoms with Gasteiger partial charge in [-0.05, 0) is 54.3 Å². The van der Waals surface area contributed by atoms with Crippen molar-refractivity contribution >= 4 is 28.7 Å². The summed E-state index contributed by atoms with van der Waals surface area (Å²) in [5, 5.41) is 29.9. The van der Waals surface area contributed by atoms with Crippen LogP contribution < -0.4 is 10.6 Å². The highest BCUT2D eigenvalue weighted by Crippen LogP contribution is 2.40. The van der Waals surface area contributed by atoms with E-state index in [0.717, 1.165) is 5.56 Å². The highest BCUT2D eigenvalue weighted by atomic mass is 32.1. The van der Waals surface area contributed by atoms with Gasteiger partial charge in [-0.2, -0.15) is 11.3 Å². The van der Waals surface area contributed by atoms with Crippen molar-refractivity contribution in [1.29, 1.82) is 0 Å². The van der Waals surface area contributed by atoms with Gasteiger partial charge in [-0.15, -0.1) is 0 Å². The molecule has 1 aliphatic rings. The Morgan fingerprint density at radius 3 is 2.85 bits per heavy atom. The van der Waals surface area contributed by atoms with Crippen LogP contribution in [0, 0.1) is 16.0 Å². The molecule has 1 aliphatic heterocycles. The van der Waals surface area contributed by atoms with Gasteiger partial charge in [-0.25, -0.2) is 4.98 Å². The minimum atomic E-state index is -0.584. The first-order chi connectivity index (χ1) is 16.0. The monoisotopic (exact) mass is 476 g/mol. The summed E-state index contributed by atoms with van der Waals surface area (Å²) >= 11 is 1.59. The minimum Gasteiger partial charge on any atom is -0.459 e. The lowest BCUT2D eigenvalue weighted by Crippen LogP contribution is -2.39. The molecule has 2 aromatic rings. The quantitative estimate of drug-likeness (QED) is 0.242. The Balaban J connectivity index is 1.62. The highest BCUT2D eigenvalue weighted by molar-refractivity contribution is 7.08. The molecule has 0 aromatic carbocycles. The number of hydrogen-bond donors (Lipinski definition) is 3. The molecule has 178 valence electrons. The molecule has 0 fully saturated rings. The average molecular weight is 477 g/mol. The van der Waals surface area contributed by atoms with Crippen LogP contribution in [0.25, 0.3) is 0 Å². The van der Waals surface area contributed by atoms with Crippen LogP contribution in [0.2, 0.25) is 0 Å². The summed E-state index contributed by atoms with van der Waals surface area (Å²) in [5.41, 5.74) is 1.00. The number of carbonyl (C=O) groups excluding carboxylic acids is 1. The van der Waals surface area contributed by atoms with Crippen molar-refractivity contribution in [3.8, 4) is 0 Å². The van der Waals surface area contributed by atoms with Crippen LogP contribution in [-0.4, -0.2) is 53.5 Å². The van der Waals surface area contributed by atoms with E-state index in [1.807, 2.05) is 24.4 Å². The topological polar surface area (TPSA) is 136 Å². The molecule has 0 bridgehead atoms. The molecule has 3 N–H and O–H groups in total. The van der Waals surface area contributed by atoms with E-state index in [9.17, 15) is 20.0 Å². The number of aliphatic hydroxyl groups is 1. The third-order valence-electron chi connectivity index (χ3n) is 5.24. The summed E-state index contributed by atoms with van der Waals surface area (Å²) in [5.74, 6) is 0.260. The zero-order valence-corrected chi connectivity index (χ0v) is 19.1. The lowest BCUT2D eigenvalue weighted by Gasteiger charge is -2.36. The number of nitro groups is 1. The fourth-order valence-corrected chi connectivity index (χ4v) is 4.37. The number of rotatable bonds is 12. The first-order valence-electron chi connectivity index (χ1n) is 10.8. The fourth-order valence-electron chi connectivity index (χ4n) is 3.66. The third-order valence-corrected chi connectivity index (χ3v) is 5.94. The molecule has 3 atom stereocenters. The predicted molar refractivity (Wildman–Crippen MR) is 124 cm³/mol. The molecule has 0 saturated carbocycles. The standard InChI is InChI=1S/C22H28N4O6S/c1-2-31-22-17(4-3-10-27)18(15-7-11-33-14-15)12-19(32-22)21(28)24-9-8-23-20-6-5-16(13-25-20)26(29)30/h5-7,11-14,17-18,22,27H,2-4,8-10H2,1H3,(H,23,25)(H,24,28)/t17-,18+,22+/m1/s1. The smallest absolute Gasteiger partial charge is 0.287 e. The summed E-state index contributed by atoms with van der Waals surface area (Å²) in [6.45, 7) is 3.08. The predicted octanol–water partition coefficient (Wildman–Crippen LogP) is 3.03. The van der Waals surface area contributed by atoms with Gasteiger partial charge in [0.05, 0.1) is 4.92 Å². The van der Waals surface area contributed by atoms with Crippen LogP contribution in [0.5, 0.6) is 0 Å². The Morgan fingerprint density at radius 2 is 2.21 bits per heavy atom. The first-order valence-corrected chi connectivity index (χ1v) is 11.7. The maximum atomic E-state index is 12.8. The Bertz CT molecular complexity index is 935. The van der Waals surface area contributed by atoms with Crippen LogP contribution >= 0.6 is 11.3 Å². The second-order valence-corrected chi connectivity index (χ2v) is 8.21. The molecule has 3 heterocycles. The fraction of sp³-hybridized carbons (Fsp3) is 0.455. The van der Waals surface area contributed by atoms with Crippen molar-refractivity contribution in [1.82, 2.24) is 10.3 Å². The van der Waals surface area contributed by atoms with Crippen molar-refractivity contribution in [3.05, 3.63) is 62.7 Å².